The third-order valence-corrected chi connectivity index (χ3v) is 3.36. The largest absolute Gasteiger partial charge is 0.387 e. The van der Waals surface area contributed by atoms with Crippen LogP contribution in [0.15, 0.2) is 0 Å². The molecule has 0 spiro atoms. The summed E-state index contributed by atoms with van der Waals surface area (Å²) in [5.41, 5.74) is -0.325. The van der Waals surface area contributed by atoms with E-state index in [4.69, 9.17) is 5.11 Å². The van der Waals surface area contributed by atoms with Crippen LogP contribution in [0.25, 0.3) is 0 Å². The Morgan fingerprint density at radius 3 is 2.26 bits per heavy atom. The van der Waals surface area contributed by atoms with Crippen LogP contribution >= 0.6 is 0 Å². The molecule has 2 amide bonds. The summed E-state index contributed by atoms with van der Waals surface area (Å²) in [7, 11) is 0. The van der Waals surface area contributed by atoms with Crippen molar-refractivity contribution in [3.05, 3.63) is 0 Å². The normalized spacial score (nSPS) is 18.7. The van der Waals surface area contributed by atoms with Crippen molar-refractivity contribution in [1.29, 1.82) is 0 Å². The maximum Gasteiger partial charge on any atom is 0.246 e. The summed E-state index contributed by atoms with van der Waals surface area (Å²) >= 11 is 0. The lowest BCUT2D eigenvalue weighted by Gasteiger charge is -2.32. The molecule has 19 heavy (non-hydrogen) atoms. The van der Waals surface area contributed by atoms with Gasteiger partial charge in [0.25, 0.3) is 0 Å². The van der Waals surface area contributed by atoms with Crippen molar-refractivity contribution in [2.75, 3.05) is 6.61 Å². The van der Waals surface area contributed by atoms with Crippen molar-refractivity contribution in [1.82, 2.24) is 10.6 Å². The molecule has 0 saturated heterocycles. The Hall–Kier alpha value is -1.10. The van der Waals surface area contributed by atoms with Crippen LogP contribution < -0.4 is 10.6 Å². The molecule has 5 nitrogen and oxygen atoms in total. The minimum Gasteiger partial charge on any atom is -0.387 e. The maximum absolute atomic E-state index is 12.3. The van der Waals surface area contributed by atoms with E-state index in [1.54, 1.807) is 0 Å². The summed E-state index contributed by atoms with van der Waals surface area (Å²) in [6.07, 6.45) is 5.29. The van der Waals surface area contributed by atoms with Crippen molar-refractivity contribution in [2.24, 2.45) is 5.92 Å². The topological polar surface area (TPSA) is 78.4 Å². The number of aliphatic hydroxyl groups is 1. The molecule has 1 aliphatic rings. The Kier molecular flexibility index (Phi) is 5.79. The zero-order valence-corrected chi connectivity index (χ0v) is 12.2. The maximum atomic E-state index is 12.3. The molecule has 110 valence electrons. The molecule has 1 fully saturated rings. The Balaban J connectivity index is 2.72. The van der Waals surface area contributed by atoms with Gasteiger partial charge < -0.3 is 15.7 Å². The van der Waals surface area contributed by atoms with E-state index < -0.39 is 18.6 Å². The van der Waals surface area contributed by atoms with Crippen LogP contribution in [-0.2, 0) is 9.59 Å². The molecule has 0 aromatic carbocycles. The molecule has 0 aromatic rings. The van der Waals surface area contributed by atoms with Gasteiger partial charge in [-0.25, -0.2) is 0 Å². The van der Waals surface area contributed by atoms with Crippen LogP contribution in [0.1, 0.15) is 52.9 Å². The monoisotopic (exact) mass is 270 g/mol. The van der Waals surface area contributed by atoms with Gasteiger partial charge in [0.1, 0.15) is 12.6 Å². The third kappa shape index (κ3) is 5.59. The van der Waals surface area contributed by atoms with Gasteiger partial charge in [-0.3, -0.25) is 9.59 Å². The van der Waals surface area contributed by atoms with Crippen LogP contribution in [0, 0.1) is 5.92 Å². The molecule has 1 saturated carbocycles. The van der Waals surface area contributed by atoms with Gasteiger partial charge in [0, 0.05) is 5.54 Å². The van der Waals surface area contributed by atoms with Gasteiger partial charge in [0.05, 0.1) is 0 Å². The molecule has 1 atom stereocenters. The van der Waals surface area contributed by atoms with Crippen molar-refractivity contribution in [3.63, 3.8) is 0 Å². The van der Waals surface area contributed by atoms with E-state index in [0.717, 1.165) is 25.7 Å². The average Bonchev–Trinajstić information content (AvgIpc) is 2.34. The first kappa shape index (κ1) is 16.0. The minimum atomic E-state index is -0.577. The fourth-order valence-electron chi connectivity index (χ4n) is 2.53. The number of carbonyl (C=O) groups is 2. The van der Waals surface area contributed by atoms with E-state index in [1.165, 1.54) is 6.42 Å². The second-order valence-electron chi connectivity index (χ2n) is 6.34. The first-order chi connectivity index (χ1) is 8.83. The number of hydrogen-bond donors (Lipinski definition) is 3. The summed E-state index contributed by atoms with van der Waals surface area (Å²) in [6, 6.07) is -0.529. The number of hydrogen-bond acceptors (Lipinski definition) is 3. The second-order valence-corrected chi connectivity index (χ2v) is 6.34. The molecule has 0 radical (unpaired) electrons. The second kappa shape index (κ2) is 6.89. The highest BCUT2D eigenvalue weighted by molar-refractivity contribution is 5.88. The van der Waals surface area contributed by atoms with E-state index >= 15 is 0 Å². The van der Waals surface area contributed by atoms with E-state index in [2.05, 4.69) is 10.6 Å². The summed E-state index contributed by atoms with van der Waals surface area (Å²) in [4.78, 5) is 23.7. The van der Waals surface area contributed by atoms with Gasteiger partial charge >= 0.3 is 0 Å². The average molecular weight is 270 g/mol. The van der Waals surface area contributed by atoms with Crippen molar-refractivity contribution in [3.8, 4) is 0 Å². The SMILES string of the molecule is CC(C)(C)NC(=O)C(NC(=O)CO)C1CCCCC1. The fourth-order valence-corrected chi connectivity index (χ4v) is 2.53. The summed E-state index contributed by atoms with van der Waals surface area (Å²) in [5, 5.41) is 14.4. The summed E-state index contributed by atoms with van der Waals surface area (Å²) < 4.78 is 0. The Labute approximate surface area is 115 Å². The lowest BCUT2D eigenvalue weighted by atomic mass is 9.83. The zero-order valence-electron chi connectivity index (χ0n) is 12.2. The molecule has 1 unspecified atom stereocenters. The molecule has 0 heterocycles. The van der Waals surface area contributed by atoms with Gasteiger partial charge in [-0.2, -0.15) is 0 Å². The Bertz CT molecular complexity index is 317. The first-order valence-electron chi connectivity index (χ1n) is 7.06. The van der Waals surface area contributed by atoms with Gasteiger partial charge in [-0.1, -0.05) is 19.3 Å². The molecular formula is C14H26N2O3. The van der Waals surface area contributed by atoms with Crippen molar-refractivity contribution >= 4 is 11.8 Å². The number of rotatable bonds is 4. The van der Waals surface area contributed by atoms with Crippen LogP contribution in [0.3, 0.4) is 0 Å². The lowest BCUT2D eigenvalue weighted by Crippen LogP contribution is -2.55. The number of amides is 2. The van der Waals surface area contributed by atoms with Crippen molar-refractivity contribution in [2.45, 2.75) is 64.5 Å². The molecule has 1 rings (SSSR count). The van der Waals surface area contributed by atoms with Crippen LogP contribution in [0.2, 0.25) is 0 Å². The van der Waals surface area contributed by atoms with Crippen molar-refractivity contribution < 1.29 is 14.7 Å². The first-order valence-corrected chi connectivity index (χ1v) is 7.06. The van der Waals surface area contributed by atoms with E-state index in [0.29, 0.717) is 0 Å². The smallest absolute Gasteiger partial charge is 0.246 e. The summed E-state index contributed by atoms with van der Waals surface area (Å²) in [6.45, 7) is 5.16. The number of aliphatic hydroxyl groups excluding tert-OH is 1. The van der Waals surface area contributed by atoms with Gasteiger partial charge in [-0.05, 0) is 39.5 Å². The third-order valence-electron chi connectivity index (χ3n) is 3.36. The Morgan fingerprint density at radius 2 is 1.79 bits per heavy atom. The molecular weight excluding hydrogens is 244 g/mol. The van der Waals surface area contributed by atoms with Gasteiger partial charge in [-0.15, -0.1) is 0 Å². The van der Waals surface area contributed by atoms with Gasteiger partial charge in [0.15, 0.2) is 0 Å². The molecule has 0 aliphatic heterocycles. The zero-order chi connectivity index (χ0) is 14.5. The highest BCUT2D eigenvalue weighted by atomic mass is 16.3. The predicted molar refractivity (Wildman–Crippen MR) is 73.5 cm³/mol. The predicted octanol–water partition coefficient (Wildman–Crippen LogP) is 0.958. The number of carbonyl (C=O) groups excluding carboxylic acids is 2. The van der Waals surface area contributed by atoms with Crippen LogP contribution in [0.5, 0.6) is 0 Å². The molecule has 3 N–H and O–H groups in total. The number of nitrogens with one attached hydrogen (secondary N) is 2. The molecule has 0 aromatic heterocycles. The van der Waals surface area contributed by atoms with Gasteiger partial charge in [0.2, 0.25) is 11.8 Å². The minimum absolute atomic E-state index is 0.152. The quantitative estimate of drug-likeness (QED) is 0.712. The standard InChI is InChI=1S/C14H26N2O3/c1-14(2,3)16-13(19)12(15-11(18)9-17)10-7-5-4-6-8-10/h10,12,17H,4-9H2,1-3H3,(H,15,18)(H,16,19). The Morgan fingerprint density at radius 1 is 1.21 bits per heavy atom. The van der Waals surface area contributed by atoms with Crippen LogP contribution in [-0.4, -0.2) is 35.1 Å². The van der Waals surface area contributed by atoms with E-state index in [1.807, 2.05) is 20.8 Å². The molecule has 1 aliphatic carbocycles. The molecule has 5 heteroatoms. The van der Waals surface area contributed by atoms with E-state index in [9.17, 15) is 9.59 Å². The fraction of sp³-hybridized carbons (Fsp3) is 0.857. The van der Waals surface area contributed by atoms with E-state index in [-0.39, 0.29) is 17.4 Å². The highest BCUT2D eigenvalue weighted by Crippen LogP contribution is 2.27. The highest BCUT2D eigenvalue weighted by Gasteiger charge is 2.32. The summed E-state index contributed by atoms with van der Waals surface area (Å²) in [5.74, 6) is -0.465. The van der Waals surface area contributed by atoms with Crippen LogP contribution in [0.4, 0.5) is 0 Å². The lowest BCUT2D eigenvalue weighted by molar-refractivity contribution is -0.132. The molecule has 0 bridgehead atoms.